The Morgan fingerprint density at radius 3 is 2.49 bits per heavy atom. The minimum atomic E-state index is -4.41. The molecular weight excluding hydrogens is 479 g/mol. The van der Waals surface area contributed by atoms with E-state index in [2.05, 4.69) is 0 Å². The zero-order valence-electron chi connectivity index (χ0n) is 19.1. The maximum atomic E-state index is 13.2. The van der Waals surface area contributed by atoms with Crippen molar-refractivity contribution >= 4 is 17.6 Å². The quantitative estimate of drug-likeness (QED) is 0.376. The molecule has 0 spiro atoms. The summed E-state index contributed by atoms with van der Waals surface area (Å²) in [6.45, 7) is 0.837. The topological polar surface area (TPSA) is 49.8 Å². The summed E-state index contributed by atoms with van der Waals surface area (Å²) in [5, 5.41) is 9.62. The van der Waals surface area contributed by atoms with E-state index in [0.717, 1.165) is 28.8 Å². The Balaban J connectivity index is 1.67. The predicted molar refractivity (Wildman–Crippen MR) is 128 cm³/mol. The summed E-state index contributed by atoms with van der Waals surface area (Å²) in [5.41, 5.74) is 2.52. The largest absolute Gasteiger partial charge is 0.480 e. The Labute approximate surface area is 206 Å². The number of hydrogen-bond acceptors (Lipinski definition) is 3. The van der Waals surface area contributed by atoms with Gasteiger partial charge in [-0.25, -0.2) is 0 Å². The maximum Gasteiger partial charge on any atom is 0.416 e. The van der Waals surface area contributed by atoms with Gasteiger partial charge in [0.1, 0.15) is 5.60 Å². The third-order valence-electron chi connectivity index (χ3n) is 6.32. The van der Waals surface area contributed by atoms with Crippen LogP contribution in [0.15, 0.2) is 66.7 Å². The van der Waals surface area contributed by atoms with E-state index in [0.29, 0.717) is 42.1 Å². The highest BCUT2D eigenvalue weighted by molar-refractivity contribution is 6.30. The lowest BCUT2D eigenvalue weighted by Gasteiger charge is -2.31. The molecule has 1 aliphatic heterocycles. The molecule has 0 amide bonds. The van der Waals surface area contributed by atoms with Crippen molar-refractivity contribution in [3.05, 3.63) is 94.0 Å². The summed E-state index contributed by atoms with van der Waals surface area (Å²) in [4.78, 5) is 12.7. The normalized spacial score (nSPS) is 17.5. The van der Waals surface area contributed by atoms with Gasteiger partial charge in [0.25, 0.3) is 0 Å². The Hall–Kier alpha value is -2.87. The maximum absolute atomic E-state index is 13.2. The van der Waals surface area contributed by atoms with Crippen LogP contribution in [0.25, 0.3) is 11.1 Å². The van der Waals surface area contributed by atoms with Crippen LogP contribution in [-0.4, -0.2) is 36.1 Å². The molecule has 3 aromatic carbocycles. The molecule has 0 aromatic heterocycles. The van der Waals surface area contributed by atoms with E-state index in [-0.39, 0.29) is 6.54 Å². The smallest absolute Gasteiger partial charge is 0.416 e. The minimum Gasteiger partial charge on any atom is -0.480 e. The van der Waals surface area contributed by atoms with Crippen molar-refractivity contribution in [1.82, 2.24) is 4.90 Å². The Kier molecular flexibility index (Phi) is 7.22. The number of rotatable bonds is 8. The molecule has 3 aromatic rings. The molecular formula is C27H25ClF3NO3. The van der Waals surface area contributed by atoms with Gasteiger partial charge in [0, 0.05) is 5.02 Å². The molecule has 8 heteroatoms. The van der Waals surface area contributed by atoms with Gasteiger partial charge in [-0.2, -0.15) is 13.2 Å². The molecule has 0 bridgehead atoms. The highest BCUT2D eigenvalue weighted by Crippen LogP contribution is 2.46. The molecule has 0 saturated heterocycles. The SMILES string of the molecule is CN(CCCC1(c2ccc(Cl)cc2)OCc2cc(-c3cccc(C(F)(F)F)c3)ccc21)CC(=O)O. The van der Waals surface area contributed by atoms with E-state index >= 15 is 0 Å². The molecule has 0 fully saturated rings. The number of benzene rings is 3. The molecule has 1 N–H and O–H groups in total. The van der Waals surface area contributed by atoms with Gasteiger partial charge < -0.3 is 9.84 Å². The average Bonchev–Trinajstić information content (AvgIpc) is 3.17. The number of fused-ring (bicyclic) bond motifs is 1. The minimum absolute atomic E-state index is 0.0499. The van der Waals surface area contributed by atoms with Crippen molar-refractivity contribution in [3.8, 4) is 11.1 Å². The molecule has 1 unspecified atom stereocenters. The number of carboxylic acid groups (broad SMARTS) is 1. The van der Waals surface area contributed by atoms with Crippen LogP contribution >= 0.6 is 11.6 Å². The number of alkyl halides is 3. The fraction of sp³-hybridized carbons (Fsp3) is 0.296. The summed E-state index contributed by atoms with van der Waals surface area (Å²) in [6, 6.07) is 18.4. The van der Waals surface area contributed by atoms with E-state index < -0.39 is 23.3 Å². The van der Waals surface area contributed by atoms with E-state index in [1.807, 2.05) is 30.3 Å². The highest BCUT2D eigenvalue weighted by atomic mass is 35.5. The first-order chi connectivity index (χ1) is 16.6. The molecule has 184 valence electrons. The van der Waals surface area contributed by atoms with Crippen LogP contribution in [0.1, 0.15) is 35.1 Å². The second kappa shape index (κ2) is 10.0. The van der Waals surface area contributed by atoms with E-state index in [1.54, 1.807) is 30.1 Å². The molecule has 1 aliphatic rings. The van der Waals surface area contributed by atoms with Gasteiger partial charge in [0.05, 0.1) is 18.7 Å². The van der Waals surface area contributed by atoms with Crippen LogP contribution in [0.4, 0.5) is 13.2 Å². The molecule has 0 saturated carbocycles. The van der Waals surface area contributed by atoms with Crippen LogP contribution in [-0.2, 0) is 27.9 Å². The summed E-state index contributed by atoms with van der Waals surface area (Å²) in [6.07, 6.45) is -3.12. The van der Waals surface area contributed by atoms with Gasteiger partial charge >= 0.3 is 12.1 Å². The number of nitrogens with zero attached hydrogens (tertiary/aromatic N) is 1. The van der Waals surface area contributed by atoms with Crippen molar-refractivity contribution in [3.63, 3.8) is 0 Å². The highest BCUT2D eigenvalue weighted by Gasteiger charge is 2.41. The van der Waals surface area contributed by atoms with Crippen LogP contribution < -0.4 is 0 Å². The molecule has 1 heterocycles. The summed E-state index contributed by atoms with van der Waals surface area (Å²) < 4.78 is 46.0. The zero-order chi connectivity index (χ0) is 25.2. The summed E-state index contributed by atoms with van der Waals surface area (Å²) in [7, 11) is 1.76. The fourth-order valence-corrected chi connectivity index (χ4v) is 4.78. The van der Waals surface area contributed by atoms with E-state index in [4.69, 9.17) is 21.4 Å². The van der Waals surface area contributed by atoms with Crippen LogP contribution in [0.5, 0.6) is 0 Å². The standard InChI is InChI=1S/C27H25ClF3NO3/c1-32(16-25(33)34)13-3-12-26(21-7-9-23(28)10-8-21)24-11-6-19(14-20(24)17-35-26)18-4-2-5-22(15-18)27(29,30)31/h2,4-11,14-15H,3,12-13,16-17H2,1H3,(H,33,34). The van der Waals surface area contributed by atoms with Crippen LogP contribution in [0, 0.1) is 0 Å². The van der Waals surface area contributed by atoms with Crippen molar-refractivity contribution in [2.24, 2.45) is 0 Å². The fourth-order valence-electron chi connectivity index (χ4n) is 4.66. The first-order valence-corrected chi connectivity index (χ1v) is 11.6. The van der Waals surface area contributed by atoms with Gasteiger partial charge in [0.15, 0.2) is 0 Å². The number of aliphatic carboxylic acids is 1. The monoisotopic (exact) mass is 503 g/mol. The second-order valence-corrected chi connectivity index (χ2v) is 9.24. The number of carboxylic acids is 1. The van der Waals surface area contributed by atoms with Gasteiger partial charge in [-0.05, 0) is 84.6 Å². The van der Waals surface area contributed by atoms with Crippen LogP contribution in [0.3, 0.4) is 0 Å². The molecule has 4 rings (SSSR count). The van der Waals surface area contributed by atoms with E-state index in [9.17, 15) is 18.0 Å². The number of likely N-dealkylation sites (N-methyl/N-ethyl adjacent to an activating group) is 1. The van der Waals surface area contributed by atoms with Crippen molar-refractivity contribution in [2.45, 2.75) is 31.2 Å². The number of halogens is 4. The summed E-state index contributed by atoms with van der Waals surface area (Å²) in [5.74, 6) is -0.885. The van der Waals surface area contributed by atoms with Gasteiger partial charge in [-0.3, -0.25) is 9.69 Å². The van der Waals surface area contributed by atoms with Crippen molar-refractivity contribution in [1.29, 1.82) is 0 Å². The lowest BCUT2D eigenvalue weighted by atomic mass is 9.81. The van der Waals surface area contributed by atoms with Gasteiger partial charge in [-0.1, -0.05) is 48.0 Å². The lowest BCUT2D eigenvalue weighted by molar-refractivity contribution is -0.138. The van der Waals surface area contributed by atoms with Gasteiger partial charge in [0.2, 0.25) is 0 Å². The van der Waals surface area contributed by atoms with Crippen molar-refractivity contribution < 1.29 is 27.8 Å². The Morgan fingerprint density at radius 2 is 1.80 bits per heavy atom. The number of ether oxygens (including phenoxy) is 1. The number of carbonyl (C=O) groups is 1. The third-order valence-corrected chi connectivity index (χ3v) is 6.57. The summed E-state index contributed by atoms with van der Waals surface area (Å²) >= 11 is 6.11. The van der Waals surface area contributed by atoms with Crippen LogP contribution in [0.2, 0.25) is 5.02 Å². The molecule has 4 nitrogen and oxygen atoms in total. The van der Waals surface area contributed by atoms with Gasteiger partial charge in [-0.15, -0.1) is 0 Å². The first kappa shape index (κ1) is 25.2. The lowest BCUT2D eigenvalue weighted by Crippen LogP contribution is -2.31. The van der Waals surface area contributed by atoms with Crippen molar-refractivity contribution in [2.75, 3.05) is 20.1 Å². The Morgan fingerprint density at radius 1 is 1.09 bits per heavy atom. The first-order valence-electron chi connectivity index (χ1n) is 11.2. The Bertz CT molecular complexity index is 1210. The molecule has 1 atom stereocenters. The van der Waals surface area contributed by atoms with E-state index in [1.165, 1.54) is 6.07 Å². The third kappa shape index (κ3) is 5.53. The second-order valence-electron chi connectivity index (χ2n) is 8.81. The molecule has 35 heavy (non-hydrogen) atoms. The molecule has 0 radical (unpaired) electrons. The zero-order valence-corrected chi connectivity index (χ0v) is 19.9. The predicted octanol–water partition coefficient (Wildman–Crippen LogP) is 6.60. The number of hydrogen-bond donors (Lipinski definition) is 1. The average molecular weight is 504 g/mol. The molecule has 0 aliphatic carbocycles.